The van der Waals surface area contributed by atoms with Gasteiger partial charge in [0.2, 0.25) is 5.91 Å². The highest BCUT2D eigenvalue weighted by Crippen LogP contribution is 2.28. The second kappa shape index (κ2) is 6.78. The van der Waals surface area contributed by atoms with E-state index < -0.39 is 17.5 Å². The van der Waals surface area contributed by atoms with Crippen LogP contribution >= 0.6 is 0 Å². The molecule has 0 atom stereocenters. The van der Waals surface area contributed by atoms with Gasteiger partial charge in [0.15, 0.2) is 0 Å². The number of nitrogens with one attached hydrogen (secondary N) is 3. The molecule has 7 nitrogen and oxygen atoms in total. The van der Waals surface area contributed by atoms with Gasteiger partial charge in [0.25, 0.3) is 0 Å². The molecular weight excluding hydrogens is 274 g/mol. The first-order chi connectivity index (χ1) is 9.65. The predicted octanol–water partition coefficient (Wildman–Crippen LogP) is 0.988. The van der Waals surface area contributed by atoms with Gasteiger partial charge < -0.3 is 21.1 Å². The number of aliphatic carboxylic acids is 1. The van der Waals surface area contributed by atoms with Crippen LogP contribution in [0.25, 0.3) is 0 Å². The molecule has 0 heterocycles. The number of hydrogen-bond donors (Lipinski definition) is 4. The van der Waals surface area contributed by atoms with Gasteiger partial charge in [-0.1, -0.05) is 19.3 Å². The SMILES string of the molecule is CC(C)(C)NC(=O)CNC(=O)NC1(C(=O)O)CCCCC1. The van der Waals surface area contributed by atoms with Crippen LogP contribution in [0.3, 0.4) is 0 Å². The quantitative estimate of drug-likeness (QED) is 0.621. The van der Waals surface area contributed by atoms with Gasteiger partial charge in [0.05, 0.1) is 6.54 Å². The number of carbonyl (C=O) groups excluding carboxylic acids is 2. The number of urea groups is 1. The summed E-state index contributed by atoms with van der Waals surface area (Å²) >= 11 is 0. The lowest BCUT2D eigenvalue weighted by Gasteiger charge is -2.33. The number of amides is 3. The van der Waals surface area contributed by atoms with Crippen LogP contribution in [0, 0.1) is 0 Å². The van der Waals surface area contributed by atoms with E-state index in [0.29, 0.717) is 12.8 Å². The Labute approximate surface area is 124 Å². The van der Waals surface area contributed by atoms with Gasteiger partial charge in [0, 0.05) is 5.54 Å². The second-order valence-electron chi connectivity index (χ2n) is 6.55. The highest BCUT2D eigenvalue weighted by Gasteiger charge is 2.40. The zero-order chi connectivity index (χ0) is 16.1. The molecule has 0 aromatic heterocycles. The van der Waals surface area contributed by atoms with Gasteiger partial charge in [-0.25, -0.2) is 9.59 Å². The summed E-state index contributed by atoms with van der Waals surface area (Å²) in [6.45, 7) is 5.34. The molecule has 0 aliphatic heterocycles. The van der Waals surface area contributed by atoms with Crippen molar-refractivity contribution in [3.05, 3.63) is 0 Å². The fourth-order valence-electron chi connectivity index (χ4n) is 2.43. The molecule has 1 aliphatic carbocycles. The molecule has 1 rings (SSSR count). The number of rotatable bonds is 4. The van der Waals surface area contributed by atoms with E-state index in [0.717, 1.165) is 19.3 Å². The maximum absolute atomic E-state index is 11.8. The second-order valence-corrected chi connectivity index (χ2v) is 6.55. The largest absolute Gasteiger partial charge is 0.480 e. The van der Waals surface area contributed by atoms with Gasteiger partial charge >= 0.3 is 12.0 Å². The molecule has 0 saturated heterocycles. The van der Waals surface area contributed by atoms with Gasteiger partial charge in [-0.05, 0) is 33.6 Å². The van der Waals surface area contributed by atoms with Crippen LogP contribution in [-0.2, 0) is 9.59 Å². The zero-order valence-electron chi connectivity index (χ0n) is 12.9. The summed E-state index contributed by atoms with van der Waals surface area (Å²) in [4.78, 5) is 34.8. The molecule has 21 heavy (non-hydrogen) atoms. The molecule has 0 aromatic rings. The third-order valence-corrected chi connectivity index (χ3v) is 3.39. The van der Waals surface area contributed by atoms with Crippen LogP contribution in [0.15, 0.2) is 0 Å². The van der Waals surface area contributed by atoms with Gasteiger partial charge in [-0.2, -0.15) is 0 Å². The normalized spacial score (nSPS) is 17.7. The molecule has 1 aliphatic rings. The monoisotopic (exact) mass is 299 g/mol. The summed E-state index contributed by atoms with van der Waals surface area (Å²) in [5.41, 5.74) is -1.58. The standard InChI is InChI=1S/C14H25N3O4/c1-13(2,3)16-10(18)9-15-12(21)17-14(11(19)20)7-5-4-6-8-14/h4-9H2,1-3H3,(H,16,18)(H,19,20)(H2,15,17,21). The minimum Gasteiger partial charge on any atom is -0.480 e. The molecule has 3 amide bonds. The average Bonchev–Trinajstić information content (AvgIpc) is 2.35. The molecular formula is C14H25N3O4. The highest BCUT2D eigenvalue weighted by molar-refractivity contribution is 5.88. The third-order valence-electron chi connectivity index (χ3n) is 3.39. The van der Waals surface area contributed by atoms with E-state index >= 15 is 0 Å². The lowest BCUT2D eigenvalue weighted by molar-refractivity contribution is -0.145. The maximum Gasteiger partial charge on any atom is 0.329 e. The Bertz CT molecular complexity index is 409. The summed E-state index contributed by atoms with van der Waals surface area (Å²) < 4.78 is 0. The summed E-state index contributed by atoms with van der Waals surface area (Å²) in [5.74, 6) is -1.33. The van der Waals surface area contributed by atoms with Crippen molar-refractivity contribution in [2.24, 2.45) is 0 Å². The van der Waals surface area contributed by atoms with Gasteiger partial charge in [0.1, 0.15) is 5.54 Å². The maximum atomic E-state index is 11.8. The molecule has 0 spiro atoms. The van der Waals surface area contributed by atoms with Crippen molar-refractivity contribution >= 4 is 17.9 Å². The number of carboxylic acids is 1. The third kappa shape index (κ3) is 5.61. The van der Waals surface area contributed by atoms with Crippen molar-refractivity contribution in [1.29, 1.82) is 0 Å². The van der Waals surface area contributed by atoms with Crippen molar-refractivity contribution in [2.75, 3.05) is 6.54 Å². The Balaban J connectivity index is 2.48. The molecule has 120 valence electrons. The minimum absolute atomic E-state index is 0.182. The van der Waals surface area contributed by atoms with Crippen molar-refractivity contribution in [3.63, 3.8) is 0 Å². The van der Waals surface area contributed by atoms with Crippen LogP contribution in [0.5, 0.6) is 0 Å². The van der Waals surface area contributed by atoms with Crippen LogP contribution in [0.2, 0.25) is 0 Å². The van der Waals surface area contributed by atoms with Crippen molar-refractivity contribution in [3.8, 4) is 0 Å². The summed E-state index contributed by atoms with van der Waals surface area (Å²) in [5, 5.41) is 17.0. The van der Waals surface area contributed by atoms with Gasteiger partial charge in [-0.15, -0.1) is 0 Å². The van der Waals surface area contributed by atoms with Crippen molar-refractivity contribution in [1.82, 2.24) is 16.0 Å². The summed E-state index contributed by atoms with van der Waals surface area (Å²) in [7, 11) is 0. The fourth-order valence-corrected chi connectivity index (χ4v) is 2.43. The Morgan fingerprint density at radius 1 is 1.10 bits per heavy atom. The highest BCUT2D eigenvalue weighted by atomic mass is 16.4. The first-order valence-electron chi connectivity index (χ1n) is 7.25. The van der Waals surface area contributed by atoms with E-state index in [-0.39, 0.29) is 18.0 Å². The predicted molar refractivity (Wildman–Crippen MR) is 77.9 cm³/mol. The summed E-state index contributed by atoms with van der Waals surface area (Å²) in [6.07, 6.45) is 3.37. The Morgan fingerprint density at radius 3 is 2.14 bits per heavy atom. The van der Waals surface area contributed by atoms with E-state index in [1.165, 1.54) is 0 Å². The molecule has 7 heteroatoms. The number of carbonyl (C=O) groups is 3. The number of carboxylic acid groups (broad SMARTS) is 1. The molecule has 0 radical (unpaired) electrons. The smallest absolute Gasteiger partial charge is 0.329 e. The van der Waals surface area contributed by atoms with Crippen LogP contribution in [0.4, 0.5) is 4.79 Å². The van der Waals surface area contributed by atoms with E-state index in [4.69, 9.17) is 0 Å². The Morgan fingerprint density at radius 2 is 1.67 bits per heavy atom. The Kier molecular flexibility index (Phi) is 5.57. The first-order valence-corrected chi connectivity index (χ1v) is 7.25. The van der Waals surface area contributed by atoms with Crippen molar-refractivity contribution < 1.29 is 19.5 Å². The summed E-state index contributed by atoms with van der Waals surface area (Å²) in [6, 6.07) is -0.622. The van der Waals surface area contributed by atoms with Crippen LogP contribution < -0.4 is 16.0 Å². The topological polar surface area (TPSA) is 108 Å². The molecule has 0 bridgehead atoms. The van der Waals surface area contributed by atoms with E-state index in [2.05, 4.69) is 16.0 Å². The lowest BCUT2D eigenvalue weighted by atomic mass is 9.82. The first kappa shape index (κ1) is 17.3. The number of hydrogen-bond acceptors (Lipinski definition) is 3. The van der Waals surface area contributed by atoms with Crippen molar-refractivity contribution in [2.45, 2.75) is 64.0 Å². The molecule has 1 saturated carbocycles. The Hall–Kier alpha value is -1.79. The van der Waals surface area contributed by atoms with E-state index in [9.17, 15) is 19.5 Å². The van der Waals surface area contributed by atoms with Gasteiger partial charge in [-0.3, -0.25) is 4.79 Å². The minimum atomic E-state index is -1.21. The van der Waals surface area contributed by atoms with Crippen LogP contribution in [-0.4, -0.2) is 40.6 Å². The van der Waals surface area contributed by atoms with E-state index in [1.54, 1.807) is 0 Å². The zero-order valence-corrected chi connectivity index (χ0v) is 12.9. The average molecular weight is 299 g/mol. The molecule has 0 unspecified atom stereocenters. The fraction of sp³-hybridized carbons (Fsp3) is 0.786. The molecule has 0 aromatic carbocycles. The molecule has 1 fully saturated rings. The lowest BCUT2D eigenvalue weighted by Crippen LogP contribution is -2.59. The van der Waals surface area contributed by atoms with Crippen LogP contribution in [0.1, 0.15) is 52.9 Å². The molecule has 4 N–H and O–H groups in total. The van der Waals surface area contributed by atoms with E-state index in [1.807, 2.05) is 20.8 Å².